The average molecular weight is 466 g/mol. The maximum Gasteiger partial charge on any atom is 0.272 e. The number of aldehydes is 1. The van der Waals surface area contributed by atoms with E-state index in [9.17, 15) is 9.59 Å². The first-order valence-electron chi connectivity index (χ1n) is 11.3. The van der Waals surface area contributed by atoms with Crippen molar-refractivity contribution >= 4 is 29.6 Å². The molecule has 3 atom stereocenters. The topological polar surface area (TPSA) is 108 Å². The Hall–Kier alpha value is -3.18. The molecule has 0 bridgehead atoms. The number of benzene rings is 1. The van der Waals surface area contributed by atoms with Crippen LogP contribution in [0.5, 0.6) is 5.75 Å². The molecule has 5 rings (SSSR count). The van der Waals surface area contributed by atoms with E-state index in [1.165, 1.54) is 0 Å². The molecule has 3 aliphatic rings. The number of nitrogens with zero attached hydrogens (tertiary/aromatic N) is 4. The van der Waals surface area contributed by atoms with E-state index in [-0.39, 0.29) is 24.0 Å². The number of nitriles is 1. The maximum atomic E-state index is 12.6. The summed E-state index contributed by atoms with van der Waals surface area (Å²) in [5.41, 5.74) is 0.731. The van der Waals surface area contributed by atoms with E-state index in [1.54, 1.807) is 24.3 Å². The van der Waals surface area contributed by atoms with Crippen LogP contribution in [-0.4, -0.2) is 47.6 Å². The molecule has 2 aliphatic carbocycles. The number of fused-ring (bicyclic) bond motifs is 1. The molecule has 1 saturated heterocycles. The van der Waals surface area contributed by atoms with Crippen LogP contribution in [0.4, 0.5) is 5.82 Å². The Balaban J connectivity index is 1.09. The average Bonchev–Trinajstić information content (AvgIpc) is 3.30. The minimum atomic E-state index is -0.220. The third-order valence-corrected chi connectivity index (χ3v) is 7.31. The first-order chi connectivity index (χ1) is 16.1. The highest BCUT2D eigenvalue weighted by molar-refractivity contribution is 6.31. The van der Waals surface area contributed by atoms with Crippen molar-refractivity contribution in [3.05, 3.63) is 46.6 Å². The third kappa shape index (κ3) is 4.51. The van der Waals surface area contributed by atoms with Gasteiger partial charge in [-0.05, 0) is 61.8 Å². The largest absolute Gasteiger partial charge is 0.490 e. The van der Waals surface area contributed by atoms with Crippen LogP contribution in [0.2, 0.25) is 5.02 Å². The number of aromatic nitrogens is 2. The first-order valence-corrected chi connectivity index (χ1v) is 11.6. The Bertz CT molecular complexity index is 1080. The molecule has 170 valence electrons. The number of hydrogen-bond acceptors (Lipinski definition) is 7. The molecule has 1 N–H and O–H groups in total. The second-order valence-corrected chi connectivity index (χ2v) is 9.45. The van der Waals surface area contributed by atoms with E-state index in [0.29, 0.717) is 33.9 Å². The lowest BCUT2D eigenvalue weighted by atomic mass is 9.93. The second-order valence-electron chi connectivity index (χ2n) is 9.04. The Morgan fingerprint density at radius 3 is 2.52 bits per heavy atom. The van der Waals surface area contributed by atoms with Crippen molar-refractivity contribution in [1.82, 2.24) is 15.5 Å². The molecule has 2 saturated carbocycles. The number of carbonyl (C=O) groups is 2. The molecular formula is C24H24ClN5O3. The molecule has 0 radical (unpaired) electrons. The summed E-state index contributed by atoms with van der Waals surface area (Å²) >= 11 is 6.08. The molecule has 9 heteroatoms. The smallest absolute Gasteiger partial charge is 0.272 e. The minimum absolute atomic E-state index is 0.0479. The van der Waals surface area contributed by atoms with Gasteiger partial charge in [-0.2, -0.15) is 5.26 Å². The van der Waals surface area contributed by atoms with Crippen molar-refractivity contribution in [2.45, 2.75) is 37.8 Å². The van der Waals surface area contributed by atoms with Crippen LogP contribution in [0, 0.1) is 29.1 Å². The highest BCUT2D eigenvalue weighted by Crippen LogP contribution is 2.50. The van der Waals surface area contributed by atoms with Gasteiger partial charge in [-0.1, -0.05) is 11.6 Å². The molecule has 0 spiro atoms. The summed E-state index contributed by atoms with van der Waals surface area (Å²) in [6.07, 6.45) is 4.35. The number of amides is 1. The zero-order chi connectivity index (χ0) is 22.9. The van der Waals surface area contributed by atoms with Crippen LogP contribution in [0.1, 0.15) is 41.7 Å². The summed E-state index contributed by atoms with van der Waals surface area (Å²) in [7, 11) is 0. The Labute approximate surface area is 196 Å². The summed E-state index contributed by atoms with van der Waals surface area (Å²) in [6, 6.07) is 10.7. The normalized spacial score (nSPS) is 27.9. The second kappa shape index (κ2) is 8.99. The number of nitrogens with one attached hydrogen (secondary N) is 1. The van der Waals surface area contributed by atoms with Crippen molar-refractivity contribution in [1.29, 1.82) is 5.26 Å². The van der Waals surface area contributed by atoms with Crippen LogP contribution >= 0.6 is 11.6 Å². The predicted octanol–water partition coefficient (Wildman–Crippen LogP) is 3.00. The molecule has 2 heterocycles. The molecule has 8 nitrogen and oxygen atoms in total. The van der Waals surface area contributed by atoms with E-state index >= 15 is 0 Å². The van der Waals surface area contributed by atoms with E-state index < -0.39 is 0 Å². The van der Waals surface area contributed by atoms with Crippen molar-refractivity contribution in [2.24, 2.45) is 17.8 Å². The zero-order valence-electron chi connectivity index (χ0n) is 18.0. The van der Waals surface area contributed by atoms with Crippen molar-refractivity contribution in [3.63, 3.8) is 0 Å². The molecule has 33 heavy (non-hydrogen) atoms. The van der Waals surface area contributed by atoms with Crippen LogP contribution in [-0.2, 0) is 4.79 Å². The lowest BCUT2D eigenvalue weighted by Crippen LogP contribution is -2.40. The fourth-order valence-corrected chi connectivity index (χ4v) is 5.23. The van der Waals surface area contributed by atoms with Gasteiger partial charge < -0.3 is 19.7 Å². The molecule has 1 aliphatic heterocycles. The van der Waals surface area contributed by atoms with Gasteiger partial charge >= 0.3 is 0 Å². The zero-order valence-corrected chi connectivity index (χ0v) is 18.7. The Morgan fingerprint density at radius 2 is 1.91 bits per heavy atom. The highest BCUT2D eigenvalue weighted by atomic mass is 35.5. The lowest BCUT2D eigenvalue weighted by molar-refractivity contribution is -0.109. The van der Waals surface area contributed by atoms with Gasteiger partial charge in [0, 0.05) is 31.1 Å². The van der Waals surface area contributed by atoms with E-state index in [1.807, 2.05) is 12.1 Å². The fourth-order valence-electron chi connectivity index (χ4n) is 5.01. The highest BCUT2D eigenvalue weighted by Gasteiger charge is 2.55. The summed E-state index contributed by atoms with van der Waals surface area (Å²) in [5, 5.41) is 20.8. The maximum absolute atomic E-state index is 12.6. The number of anilines is 1. The summed E-state index contributed by atoms with van der Waals surface area (Å²) in [6.45, 7) is 1.66. The van der Waals surface area contributed by atoms with Crippen LogP contribution in [0.15, 0.2) is 30.3 Å². The molecule has 1 aromatic carbocycles. The van der Waals surface area contributed by atoms with Gasteiger partial charge in [0.25, 0.3) is 5.91 Å². The summed E-state index contributed by atoms with van der Waals surface area (Å²) < 4.78 is 6.01. The van der Waals surface area contributed by atoms with Crippen molar-refractivity contribution in [3.8, 4) is 11.8 Å². The minimum Gasteiger partial charge on any atom is -0.490 e. The lowest BCUT2D eigenvalue weighted by Gasteiger charge is -2.29. The van der Waals surface area contributed by atoms with Crippen LogP contribution in [0.3, 0.4) is 0 Å². The number of ether oxygens (including phenoxy) is 1. The summed E-state index contributed by atoms with van der Waals surface area (Å²) in [4.78, 5) is 25.7. The van der Waals surface area contributed by atoms with Gasteiger partial charge in [-0.3, -0.25) is 4.79 Å². The number of rotatable bonds is 6. The third-order valence-electron chi connectivity index (χ3n) is 7.00. The van der Waals surface area contributed by atoms with E-state index in [2.05, 4.69) is 20.4 Å². The van der Waals surface area contributed by atoms with Crippen LogP contribution < -0.4 is 15.0 Å². The van der Waals surface area contributed by atoms with Crippen molar-refractivity contribution in [2.75, 3.05) is 18.0 Å². The number of carbonyl (C=O) groups excluding carboxylic acids is 2. The first kappa shape index (κ1) is 21.7. The molecule has 1 aromatic heterocycles. The fraction of sp³-hybridized carbons (Fsp3) is 0.458. The number of hydrogen-bond donors (Lipinski definition) is 1. The molecule has 2 aromatic rings. The molecule has 0 unspecified atom stereocenters. The Morgan fingerprint density at radius 1 is 1.15 bits per heavy atom. The van der Waals surface area contributed by atoms with Crippen LogP contribution in [0.25, 0.3) is 0 Å². The molecular weight excluding hydrogens is 442 g/mol. The van der Waals surface area contributed by atoms with Gasteiger partial charge in [0.15, 0.2) is 11.5 Å². The number of halogens is 1. The van der Waals surface area contributed by atoms with Gasteiger partial charge in [-0.15, -0.1) is 10.2 Å². The molecule has 1 amide bonds. The standard InChI is InChI=1S/C24H24ClN5O3/c25-21-9-17(4-1-14(21)10-26)33-16-5-2-15(3-6-16)27-24(32)22-7-8-23(29-28-22)30-11-18-19(12-30)20(18)13-31/h1,4,7-9,13,15-16,18-20H,2-3,5-6,11-12H2,(H,27,32)/t15?,16?,18-,19+,20+. The van der Waals surface area contributed by atoms with E-state index in [0.717, 1.165) is 50.9 Å². The monoisotopic (exact) mass is 465 g/mol. The van der Waals surface area contributed by atoms with Gasteiger partial charge in [-0.25, -0.2) is 0 Å². The van der Waals surface area contributed by atoms with Gasteiger partial charge in [0.1, 0.15) is 18.1 Å². The SMILES string of the molecule is N#Cc1ccc(OC2CCC(NC(=O)c3ccc(N4C[C@@H]5[C@@H](C=O)[C@@H]5C4)nn3)CC2)cc1Cl. The molecule has 3 fully saturated rings. The Kier molecular flexibility index (Phi) is 5.90. The predicted molar refractivity (Wildman–Crippen MR) is 121 cm³/mol. The number of piperidine rings is 1. The van der Waals surface area contributed by atoms with Gasteiger partial charge in [0.05, 0.1) is 16.7 Å². The summed E-state index contributed by atoms with van der Waals surface area (Å²) in [5.74, 6) is 2.28. The van der Waals surface area contributed by atoms with Gasteiger partial charge in [0.2, 0.25) is 0 Å². The quantitative estimate of drug-likeness (QED) is 0.653. The van der Waals surface area contributed by atoms with E-state index in [4.69, 9.17) is 21.6 Å². The van der Waals surface area contributed by atoms with Crippen molar-refractivity contribution < 1.29 is 14.3 Å².